The van der Waals surface area contributed by atoms with E-state index < -0.39 is 11.9 Å². The Morgan fingerprint density at radius 1 is 0.941 bits per heavy atom. The van der Waals surface area contributed by atoms with Gasteiger partial charge in [0.05, 0.1) is 22.2 Å². The number of ether oxygens (including phenoxy) is 2. The normalized spacial score (nSPS) is 14.9. The molecule has 34 heavy (non-hydrogen) atoms. The zero-order valence-corrected chi connectivity index (χ0v) is 22.4. The second-order valence-corrected chi connectivity index (χ2v) is 10.6. The highest BCUT2D eigenvalue weighted by Crippen LogP contribution is 2.38. The topological polar surface area (TPSA) is 64.6 Å². The zero-order valence-electron chi connectivity index (χ0n) is 19.3. The van der Waals surface area contributed by atoms with Crippen molar-refractivity contribution in [3.8, 4) is 5.75 Å². The van der Waals surface area contributed by atoms with Crippen LogP contribution in [0.1, 0.15) is 79.1 Å². The number of carbonyl (C=O) groups is 2. The number of amides is 1. The number of anilines is 1. The van der Waals surface area contributed by atoms with E-state index in [4.69, 9.17) is 44.3 Å². The second-order valence-electron chi connectivity index (χ2n) is 8.29. The maximum atomic E-state index is 12.9. The average Bonchev–Trinajstić information content (AvgIpc) is 3.09. The standard InChI is InChI=1S/C25H30Cl3NO4S/c1-2-32-25(31)22-17-11-9-7-5-3-4-6-8-10-12-20(17)34-24(22)29-21(30)15-33-23-18(27)13-16(26)14-19(23)28/h13-14H,2-12,15H2,1H3,(H,29,30). The lowest BCUT2D eigenvalue weighted by molar-refractivity contribution is -0.118. The molecule has 5 nitrogen and oxygen atoms in total. The van der Waals surface area contributed by atoms with Gasteiger partial charge in [0, 0.05) is 9.90 Å². The number of thiophene rings is 1. The van der Waals surface area contributed by atoms with Crippen molar-refractivity contribution in [1.29, 1.82) is 0 Å². The third kappa shape index (κ3) is 7.51. The number of hydrogen-bond donors (Lipinski definition) is 1. The molecule has 1 amide bonds. The van der Waals surface area contributed by atoms with Crippen molar-refractivity contribution >= 4 is 63.0 Å². The summed E-state index contributed by atoms with van der Waals surface area (Å²) in [6.45, 7) is 1.74. The van der Waals surface area contributed by atoms with Crippen LogP contribution in [-0.4, -0.2) is 25.1 Å². The van der Waals surface area contributed by atoms with Gasteiger partial charge < -0.3 is 14.8 Å². The van der Waals surface area contributed by atoms with E-state index in [-0.39, 0.29) is 29.0 Å². The first-order valence-electron chi connectivity index (χ1n) is 11.8. The second kappa shape index (κ2) is 13.6. The summed E-state index contributed by atoms with van der Waals surface area (Å²) < 4.78 is 10.9. The predicted molar refractivity (Wildman–Crippen MR) is 140 cm³/mol. The van der Waals surface area contributed by atoms with Gasteiger partial charge >= 0.3 is 5.97 Å². The molecule has 0 spiro atoms. The monoisotopic (exact) mass is 545 g/mol. The molecule has 0 saturated carbocycles. The van der Waals surface area contributed by atoms with Crippen molar-refractivity contribution in [3.05, 3.63) is 43.2 Å². The summed E-state index contributed by atoms with van der Waals surface area (Å²) >= 11 is 19.7. The van der Waals surface area contributed by atoms with Gasteiger partial charge in [0.15, 0.2) is 12.4 Å². The van der Waals surface area contributed by atoms with Gasteiger partial charge in [0.1, 0.15) is 5.00 Å². The van der Waals surface area contributed by atoms with Crippen LogP contribution in [0, 0.1) is 0 Å². The molecule has 1 aliphatic carbocycles. The summed E-state index contributed by atoms with van der Waals surface area (Å²) in [5.41, 5.74) is 1.50. The molecule has 1 aromatic carbocycles. The van der Waals surface area contributed by atoms with E-state index >= 15 is 0 Å². The van der Waals surface area contributed by atoms with Crippen molar-refractivity contribution in [1.82, 2.24) is 0 Å². The number of nitrogens with one attached hydrogen (secondary N) is 1. The molecule has 1 aromatic heterocycles. The molecule has 0 aliphatic heterocycles. The molecule has 0 radical (unpaired) electrons. The molecule has 1 heterocycles. The van der Waals surface area contributed by atoms with Crippen molar-refractivity contribution < 1.29 is 19.1 Å². The van der Waals surface area contributed by atoms with Crippen LogP contribution < -0.4 is 10.1 Å². The number of esters is 1. The number of benzene rings is 1. The molecule has 186 valence electrons. The van der Waals surface area contributed by atoms with Crippen LogP contribution in [0.25, 0.3) is 0 Å². The summed E-state index contributed by atoms with van der Waals surface area (Å²) in [5, 5.41) is 4.19. The molecular formula is C25H30Cl3NO4S. The molecule has 0 bridgehead atoms. The Balaban J connectivity index is 1.80. The highest BCUT2D eigenvalue weighted by Gasteiger charge is 2.26. The van der Waals surface area contributed by atoms with Crippen LogP contribution in [0.3, 0.4) is 0 Å². The van der Waals surface area contributed by atoms with Gasteiger partial charge in [-0.1, -0.05) is 73.3 Å². The summed E-state index contributed by atoms with van der Waals surface area (Å²) in [6, 6.07) is 2.99. The number of carbonyl (C=O) groups excluding carboxylic acids is 2. The van der Waals surface area contributed by atoms with Gasteiger partial charge in [-0.2, -0.15) is 0 Å². The van der Waals surface area contributed by atoms with E-state index in [1.165, 1.54) is 55.6 Å². The SMILES string of the molecule is CCOC(=O)c1c(NC(=O)COc2c(Cl)cc(Cl)cc2Cl)sc2c1CCCCCCCCCC2. The summed E-state index contributed by atoms with van der Waals surface area (Å²) in [5.74, 6) is -0.622. The van der Waals surface area contributed by atoms with E-state index in [1.807, 2.05) is 0 Å². The van der Waals surface area contributed by atoms with E-state index in [0.717, 1.165) is 42.5 Å². The summed E-state index contributed by atoms with van der Waals surface area (Å²) in [4.78, 5) is 26.8. The third-order valence-corrected chi connectivity index (χ3v) is 7.70. The fourth-order valence-corrected chi connectivity index (χ4v) is 6.32. The van der Waals surface area contributed by atoms with E-state index in [0.29, 0.717) is 15.6 Å². The Hall–Kier alpha value is -1.47. The first kappa shape index (κ1) is 27.1. The van der Waals surface area contributed by atoms with Gasteiger partial charge in [-0.05, 0) is 50.3 Å². The Labute approximate surface area is 220 Å². The zero-order chi connectivity index (χ0) is 24.5. The largest absolute Gasteiger partial charge is 0.481 e. The lowest BCUT2D eigenvalue weighted by atomic mass is 9.97. The van der Waals surface area contributed by atoms with Gasteiger partial charge in [-0.3, -0.25) is 4.79 Å². The fraction of sp³-hybridized carbons (Fsp3) is 0.520. The molecule has 0 unspecified atom stereocenters. The van der Waals surface area contributed by atoms with Crippen LogP contribution in [0.2, 0.25) is 15.1 Å². The smallest absolute Gasteiger partial charge is 0.341 e. The number of aryl methyl sites for hydroxylation is 1. The third-order valence-electron chi connectivity index (χ3n) is 5.71. The van der Waals surface area contributed by atoms with Gasteiger partial charge in [-0.15, -0.1) is 11.3 Å². The quantitative estimate of drug-likeness (QED) is 0.372. The maximum absolute atomic E-state index is 12.9. The Morgan fingerprint density at radius 2 is 1.53 bits per heavy atom. The first-order chi connectivity index (χ1) is 16.4. The molecule has 0 fully saturated rings. The Kier molecular flexibility index (Phi) is 10.8. The maximum Gasteiger partial charge on any atom is 0.341 e. The molecule has 0 saturated heterocycles. The first-order valence-corrected chi connectivity index (χ1v) is 13.7. The highest BCUT2D eigenvalue weighted by molar-refractivity contribution is 7.17. The molecular weight excluding hydrogens is 517 g/mol. The van der Waals surface area contributed by atoms with Crippen LogP contribution in [0.15, 0.2) is 12.1 Å². The van der Waals surface area contributed by atoms with Crippen molar-refractivity contribution in [3.63, 3.8) is 0 Å². The Bertz CT molecular complexity index is 985. The fourth-order valence-electron chi connectivity index (χ4n) is 4.10. The van der Waals surface area contributed by atoms with E-state index in [2.05, 4.69) is 5.32 Å². The van der Waals surface area contributed by atoms with Crippen molar-refractivity contribution in [2.24, 2.45) is 0 Å². The number of hydrogen-bond acceptors (Lipinski definition) is 5. The molecule has 3 rings (SSSR count). The number of halogens is 3. The molecule has 1 N–H and O–H groups in total. The Morgan fingerprint density at radius 3 is 2.15 bits per heavy atom. The molecule has 0 atom stereocenters. The van der Waals surface area contributed by atoms with E-state index in [1.54, 1.807) is 6.92 Å². The van der Waals surface area contributed by atoms with E-state index in [9.17, 15) is 9.59 Å². The minimum Gasteiger partial charge on any atom is -0.481 e. The van der Waals surface area contributed by atoms with Gasteiger partial charge in [-0.25, -0.2) is 4.79 Å². The van der Waals surface area contributed by atoms with Crippen LogP contribution in [-0.2, 0) is 22.4 Å². The van der Waals surface area contributed by atoms with Crippen LogP contribution in [0.4, 0.5) is 5.00 Å². The minimum absolute atomic E-state index is 0.187. The number of fused-ring (bicyclic) bond motifs is 1. The van der Waals surface area contributed by atoms with Crippen molar-refractivity contribution in [2.45, 2.75) is 71.1 Å². The van der Waals surface area contributed by atoms with Crippen LogP contribution >= 0.6 is 46.1 Å². The molecule has 1 aliphatic rings. The molecule has 2 aromatic rings. The summed E-state index contributed by atoms with van der Waals surface area (Å²) in [7, 11) is 0. The lowest BCUT2D eigenvalue weighted by Crippen LogP contribution is -2.21. The summed E-state index contributed by atoms with van der Waals surface area (Å²) in [6.07, 6.45) is 11.1. The molecule has 9 heteroatoms. The lowest BCUT2D eigenvalue weighted by Gasteiger charge is -2.12. The predicted octanol–water partition coefficient (Wildman–Crippen LogP) is 8.12. The number of rotatable bonds is 6. The van der Waals surface area contributed by atoms with Crippen molar-refractivity contribution in [2.75, 3.05) is 18.5 Å². The van der Waals surface area contributed by atoms with Gasteiger partial charge in [0.25, 0.3) is 5.91 Å². The minimum atomic E-state index is -0.412. The highest BCUT2D eigenvalue weighted by atomic mass is 35.5. The average molecular weight is 547 g/mol. The van der Waals surface area contributed by atoms with Gasteiger partial charge in [0.2, 0.25) is 0 Å². The van der Waals surface area contributed by atoms with Crippen LogP contribution in [0.5, 0.6) is 5.75 Å².